The Morgan fingerprint density at radius 3 is 2.91 bits per heavy atom. The smallest absolute Gasteiger partial charge is 0.231 e. The number of hydrogen-bond acceptors (Lipinski definition) is 5. The van der Waals surface area contributed by atoms with Gasteiger partial charge in [0.25, 0.3) is 0 Å². The lowest BCUT2D eigenvalue weighted by atomic mass is 9.87. The molecular formula is C16H19N3OS2. The summed E-state index contributed by atoms with van der Waals surface area (Å²) >= 11 is 2.91. The Morgan fingerprint density at radius 1 is 1.41 bits per heavy atom. The third-order valence-corrected chi connectivity index (χ3v) is 5.93. The first kappa shape index (κ1) is 15.5. The number of nitrogens with one attached hydrogen (secondary N) is 1. The molecule has 1 aliphatic rings. The Bertz CT molecular complexity index is 637. The van der Waals surface area contributed by atoms with Gasteiger partial charge in [-0.15, -0.1) is 10.2 Å². The summed E-state index contributed by atoms with van der Waals surface area (Å²) in [5, 5.41) is 11.0. The molecule has 6 heteroatoms. The van der Waals surface area contributed by atoms with Crippen LogP contribution in [-0.2, 0) is 10.3 Å². The summed E-state index contributed by atoms with van der Waals surface area (Å²) < 4.78 is 0.839. The van der Waals surface area contributed by atoms with Gasteiger partial charge in [0.15, 0.2) is 4.34 Å². The minimum absolute atomic E-state index is 0.0728. The highest BCUT2D eigenvalue weighted by Gasteiger charge is 2.36. The van der Waals surface area contributed by atoms with Crippen LogP contribution in [0.25, 0.3) is 0 Å². The van der Waals surface area contributed by atoms with E-state index < -0.39 is 0 Å². The molecule has 1 saturated carbocycles. The normalized spacial score (nSPS) is 16.6. The fourth-order valence-electron chi connectivity index (χ4n) is 3.06. The van der Waals surface area contributed by atoms with E-state index in [0.29, 0.717) is 5.75 Å². The van der Waals surface area contributed by atoms with Crippen molar-refractivity contribution in [2.45, 2.75) is 42.5 Å². The first-order valence-corrected chi connectivity index (χ1v) is 9.32. The van der Waals surface area contributed by atoms with Crippen LogP contribution >= 0.6 is 23.1 Å². The average molecular weight is 333 g/mol. The summed E-state index contributed by atoms with van der Waals surface area (Å²) in [6, 6.07) is 8.51. The van der Waals surface area contributed by atoms with E-state index in [1.165, 1.54) is 34.2 Å². The van der Waals surface area contributed by atoms with E-state index in [2.05, 4.69) is 46.7 Å². The molecule has 1 amide bonds. The Balaban J connectivity index is 1.70. The largest absolute Gasteiger partial charge is 0.346 e. The summed E-state index contributed by atoms with van der Waals surface area (Å²) in [4.78, 5) is 12.4. The Hall–Kier alpha value is -1.40. The highest BCUT2D eigenvalue weighted by molar-refractivity contribution is 8.01. The van der Waals surface area contributed by atoms with Crippen molar-refractivity contribution in [2.24, 2.45) is 0 Å². The van der Waals surface area contributed by atoms with E-state index >= 15 is 0 Å². The molecule has 1 aliphatic carbocycles. The molecule has 4 nitrogen and oxygen atoms in total. The van der Waals surface area contributed by atoms with Gasteiger partial charge < -0.3 is 5.32 Å². The molecule has 0 bridgehead atoms. The van der Waals surface area contributed by atoms with Crippen LogP contribution in [-0.4, -0.2) is 21.9 Å². The van der Waals surface area contributed by atoms with Crippen LogP contribution in [0, 0.1) is 6.92 Å². The van der Waals surface area contributed by atoms with Crippen molar-refractivity contribution < 1.29 is 4.79 Å². The predicted octanol–water partition coefficient (Wildman–Crippen LogP) is 3.52. The molecule has 0 saturated heterocycles. The molecule has 116 valence electrons. The van der Waals surface area contributed by atoms with Crippen molar-refractivity contribution >= 4 is 29.0 Å². The number of hydrogen-bond donors (Lipinski definition) is 1. The minimum atomic E-state index is -0.190. The lowest BCUT2D eigenvalue weighted by Gasteiger charge is -2.31. The zero-order chi connectivity index (χ0) is 15.4. The second kappa shape index (κ2) is 6.79. The summed E-state index contributed by atoms with van der Waals surface area (Å²) in [5.74, 6) is 0.464. The number of benzene rings is 1. The van der Waals surface area contributed by atoms with Gasteiger partial charge in [0.05, 0.1) is 11.3 Å². The molecule has 3 rings (SSSR count). The molecule has 2 aromatic rings. The monoisotopic (exact) mass is 333 g/mol. The number of carbonyl (C=O) groups is 1. The van der Waals surface area contributed by atoms with Gasteiger partial charge in [0, 0.05) is 0 Å². The van der Waals surface area contributed by atoms with Crippen molar-refractivity contribution in [3.63, 3.8) is 0 Å². The molecule has 0 radical (unpaired) electrons. The van der Waals surface area contributed by atoms with Gasteiger partial charge in [-0.05, 0) is 25.3 Å². The zero-order valence-corrected chi connectivity index (χ0v) is 14.2. The molecule has 1 heterocycles. The molecule has 1 fully saturated rings. The predicted molar refractivity (Wildman–Crippen MR) is 90.1 cm³/mol. The number of aromatic nitrogens is 2. The highest BCUT2D eigenvalue weighted by Crippen LogP contribution is 2.39. The van der Waals surface area contributed by atoms with Crippen LogP contribution in [0.15, 0.2) is 34.1 Å². The van der Waals surface area contributed by atoms with Crippen LogP contribution in [0.3, 0.4) is 0 Å². The van der Waals surface area contributed by atoms with Crippen LogP contribution in [0.1, 0.15) is 36.8 Å². The lowest BCUT2D eigenvalue weighted by molar-refractivity contribution is -0.120. The van der Waals surface area contributed by atoms with E-state index in [1.54, 1.807) is 5.51 Å². The second-order valence-electron chi connectivity index (χ2n) is 5.70. The summed E-state index contributed by atoms with van der Waals surface area (Å²) in [7, 11) is 0. The SMILES string of the molecule is Cc1cccc(C2(NC(=O)CSc3nncs3)CCCC2)c1. The molecule has 0 spiro atoms. The highest BCUT2D eigenvalue weighted by atomic mass is 32.2. The summed E-state index contributed by atoms with van der Waals surface area (Å²) in [6.45, 7) is 2.10. The van der Waals surface area contributed by atoms with E-state index in [0.717, 1.165) is 30.0 Å². The minimum Gasteiger partial charge on any atom is -0.346 e. The molecule has 0 atom stereocenters. The van der Waals surface area contributed by atoms with E-state index in [1.807, 2.05) is 0 Å². The van der Waals surface area contributed by atoms with Crippen LogP contribution < -0.4 is 5.32 Å². The number of amides is 1. The number of nitrogens with zero attached hydrogens (tertiary/aromatic N) is 2. The molecule has 1 N–H and O–H groups in total. The third kappa shape index (κ3) is 3.50. The molecule has 22 heavy (non-hydrogen) atoms. The number of rotatable bonds is 5. The number of thioether (sulfide) groups is 1. The van der Waals surface area contributed by atoms with Gasteiger partial charge >= 0.3 is 0 Å². The van der Waals surface area contributed by atoms with E-state index in [-0.39, 0.29) is 11.4 Å². The number of aryl methyl sites for hydroxylation is 1. The van der Waals surface area contributed by atoms with E-state index in [4.69, 9.17) is 0 Å². The maximum absolute atomic E-state index is 12.4. The molecule has 0 aliphatic heterocycles. The van der Waals surface area contributed by atoms with Crippen molar-refractivity contribution in [1.29, 1.82) is 0 Å². The second-order valence-corrected chi connectivity index (χ2v) is 7.76. The Morgan fingerprint density at radius 2 is 2.23 bits per heavy atom. The first-order valence-electron chi connectivity index (χ1n) is 7.45. The zero-order valence-electron chi connectivity index (χ0n) is 12.5. The quantitative estimate of drug-likeness (QED) is 0.851. The van der Waals surface area contributed by atoms with Crippen molar-refractivity contribution in [3.05, 3.63) is 40.9 Å². The average Bonchev–Trinajstić information content (AvgIpc) is 3.17. The molecule has 0 unspecified atom stereocenters. The topological polar surface area (TPSA) is 54.9 Å². The number of carbonyl (C=O) groups excluding carboxylic acids is 1. The molecule has 1 aromatic carbocycles. The first-order chi connectivity index (χ1) is 10.7. The molecular weight excluding hydrogens is 314 g/mol. The van der Waals surface area contributed by atoms with Crippen LogP contribution in [0.4, 0.5) is 0 Å². The van der Waals surface area contributed by atoms with Crippen molar-refractivity contribution in [2.75, 3.05) is 5.75 Å². The van der Waals surface area contributed by atoms with Crippen LogP contribution in [0.5, 0.6) is 0 Å². The Labute approximate surface area is 138 Å². The van der Waals surface area contributed by atoms with Crippen LogP contribution in [0.2, 0.25) is 0 Å². The summed E-state index contributed by atoms with van der Waals surface area (Å²) in [6.07, 6.45) is 4.37. The maximum Gasteiger partial charge on any atom is 0.231 e. The maximum atomic E-state index is 12.4. The standard InChI is InChI=1S/C16H19N3OS2/c1-12-5-4-6-13(9-12)16(7-2-3-8-16)18-14(20)10-21-15-19-17-11-22-15/h4-6,9,11H,2-3,7-8,10H2,1H3,(H,18,20). The van der Waals surface area contributed by atoms with Gasteiger partial charge in [-0.2, -0.15) is 0 Å². The molecule has 1 aromatic heterocycles. The fourth-order valence-corrected chi connectivity index (χ4v) is 4.35. The summed E-state index contributed by atoms with van der Waals surface area (Å²) in [5.41, 5.74) is 3.97. The van der Waals surface area contributed by atoms with Crippen molar-refractivity contribution in [1.82, 2.24) is 15.5 Å². The lowest BCUT2D eigenvalue weighted by Crippen LogP contribution is -2.44. The van der Waals surface area contributed by atoms with Gasteiger partial charge in [-0.3, -0.25) is 4.79 Å². The van der Waals surface area contributed by atoms with Gasteiger partial charge in [0.1, 0.15) is 5.51 Å². The Kier molecular flexibility index (Phi) is 4.78. The fraction of sp³-hybridized carbons (Fsp3) is 0.438. The van der Waals surface area contributed by atoms with E-state index in [9.17, 15) is 4.79 Å². The third-order valence-electron chi connectivity index (χ3n) is 4.07. The van der Waals surface area contributed by atoms with Gasteiger partial charge in [-0.25, -0.2) is 0 Å². The van der Waals surface area contributed by atoms with Gasteiger partial charge in [0.2, 0.25) is 5.91 Å². The van der Waals surface area contributed by atoms with Gasteiger partial charge in [-0.1, -0.05) is 65.8 Å². The van der Waals surface area contributed by atoms with Crippen molar-refractivity contribution in [3.8, 4) is 0 Å².